The van der Waals surface area contributed by atoms with Gasteiger partial charge in [-0.05, 0) is 43.3 Å². The minimum Gasteiger partial charge on any atom is -0.460 e. The highest BCUT2D eigenvalue weighted by Gasteiger charge is 2.33. The lowest BCUT2D eigenvalue weighted by Crippen LogP contribution is -2.55. The van der Waals surface area contributed by atoms with E-state index in [1.807, 2.05) is 43.5 Å². The molecule has 8 nitrogen and oxygen atoms in total. The van der Waals surface area contributed by atoms with Crippen molar-refractivity contribution in [3.05, 3.63) is 35.9 Å². The third-order valence-electron chi connectivity index (χ3n) is 6.20. The topological polar surface area (TPSA) is 114 Å². The molecule has 1 aromatic rings. The van der Waals surface area contributed by atoms with Crippen LogP contribution in [-0.2, 0) is 30.3 Å². The average molecular weight is 506 g/mol. The van der Waals surface area contributed by atoms with Gasteiger partial charge in [-0.15, -0.1) is 0 Å². The van der Waals surface area contributed by atoms with Gasteiger partial charge < -0.3 is 20.7 Å². The van der Waals surface area contributed by atoms with Crippen LogP contribution < -0.4 is 16.0 Å². The van der Waals surface area contributed by atoms with E-state index in [0.717, 1.165) is 24.8 Å². The number of cyclic esters (lactones) is 1. The minimum atomic E-state index is -0.887. The largest absolute Gasteiger partial charge is 0.460 e. The first-order chi connectivity index (χ1) is 16.7. The van der Waals surface area contributed by atoms with Crippen molar-refractivity contribution < 1.29 is 23.9 Å². The number of ether oxygens (including phenoxy) is 1. The lowest BCUT2D eigenvalue weighted by molar-refractivity contribution is -0.157. The van der Waals surface area contributed by atoms with Gasteiger partial charge >= 0.3 is 5.97 Å². The summed E-state index contributed by atoms with van der Waals surface area (Å²) < 4.78 is 5.84. The minimum absolute atomic E-state index is 0.0477. The highest BCUT2D eigenvalue weighted by atomic mass is 32.2. The van der Waals surface area contributed by atoms with Crippen molar-refractivity contribution in [3.8, 4) is 0 Å². The van der Waals surface area contributed by atoms with E-state index in [1.54, 1.807) is 18.7 Å². The Balaban J connectivity index is 2.33. The number of hydrogen-bond acceptors (Lipinski definition) is 6. The summed E-state index contributed by atoms with van der Waals surface area (Å²) in [5.41, 5.74) is 0.880. The molecule has 194 valence electrons. The second kappa shape index (κ2) is 14.8. The molecular weight excluding hydrogens is 466 g/mol. The van der Waals surface area contributed by atoms with Crippen molar-refractivity contribution >= 4 is 35.5 Å². The number of hydrogen-bond donors (Lipinski definition) is 3. The van der Waals surface area contributed by atoms with Crippen LogP contribution in [0.3, 0.4) is 0 Å². The van der Waals surface area contributed by atoms with Gasteiger partial charge in [-0.3, -0.25) is 14.4 Å². The molecule has 0 unspecified atom stereocenters. The highest BCUT2D eigenvalue weighted by molar-refractivity contribution is 7.98. The van der Waals surface area contributed by atoms with Gasteiger partial charge in [0.1, 0.15) is 24.2 Å². The smallest absolute Gasteiger partial charge is 0.328 e. The summed E-state index contributed by atoms with van der Waals surface area (Å²) in [6.07, 6.45) is 4.62. The third-order valence-corrected chi connectivity index (χ3v) is 6.84. The summed E-state index contributed by atoms with van der Waals surface area (Å²) in [6.45, 7) is 5.60. The molecule has 0 saturated carbocycles. The van der Waals surface area contributed by atoms with Gasteiger partial charge in [-0.1, -0.05) is 57.0 Å². The summed E-state index contributed by atoms with van der Waals surface area (Å²) in [5.74, 6) is -1.24. The van der Waals surface area contributed by atoms with Crippen LogP contribution in [0.25, 0.3) is 0 Å². The van der Waals surface area contributed by atoms with Crippen molar-refractivity contribution in [2.24, 2.45) is 5.92 Å². The number of amides is 3. The summed E-state index contributed by atoms with van der Waals surface area (Å²) in [7, 11) is 0. The predicted molar refractivity (Wildman–Crippen MR) is 138 cm³/mol. The fourth-order valence-electron chi connectivity index (χ4n) is 3.96. The molecule has 35 heavy (non-hydrogen) atoms. The first-order valence-corrected chi connectivity index (χ1v) is 13.8. The zero-order valence-corrected chi connectivity index (χ0v) is 22.0. The first kappa shape index (κ1) is 28.7. The van der Waals surface area contributed by atoms with Crippen molar-refractivity contribution in [2.45, 2.75) is 83.5 Å². The fraction of sp³-hybridized carbons (Fsp3) is 0.615. The normalized spacial score (nSPS) is 25.1. The maximum atomic E-state index is 13.1. The fourth-order valence-corrected chi connectivity index (χ4v) is 4.43. The Morgan fingerprint density at radius 1 is 1.03 bits per heavy atom. The van der Waals surface area contributed by atoms with E-state index in [0.29, 0.717) is 12.2 Å². The second-order valence-electron chi connectivity index (χ2n) is 9.18. The van der Waals surface area contributed by atoms with Crippen molar-refractivity contribution in [3.63, 3.8) is 0 Å². The quantitative estimate of drug-likeness (QED) is 0.445. The van der Waals surface area contributed by atoms with Crippen LogP contribution in [-0.4, -0.2) is 59.9 Å². The molecule has 1 aromatic carbocycles. The van der Waals surface area contributed by atoms with Crippen LogP contribution in [0.4, 0.5) is 0 Å². The van der Waals surface area contributed by atoms with Gasteiger partial charge in [-0.25, -0.2) is 4.79 Å². The van der Waals surface area contributed by atoms with Gasteiger partial charge in [-0.2, -0.15) is 11.8 Å². The number of unbranched alkanes of at least 4 members (excludes halogenated alkanes) is 1. The Morgan fingerprint density at radius 3 is 2.40 bits per heavy atom. The average Bonchev–Trinajstić information content (AvgIpc) is 2.84. The zero-order valence-electron chi connectivity index (χ0n) is 21.2. The number of nitrogens with one attached hydrogen (secondary N) is 3. The zero-order chi connectivity index (χ0) is 25.8. The molecule has 0 aliphatic carbocycles. The Morgan fingerprint density at radius 2 is 1.74 bits per heavy atom. The van der Waals surface area contributed by atoms with Gasteiger partial charge in [0.05, 0.1) is 6.42 Å². The van der Waals surface area contributed by atoms with Crippen LogP contribution in [0.2, 0.25) is 0 Å². The van der Waals surface area contributed by atoms with Crippen molar-refractivity contribution in [1.82, 2.24) is 16.0 Å². The first-order valence-electron chi connectivity index (χ1n) is 12.4. The van der Waals surface area contributed by atoms with E-state index in [2.05, 4.69) is 22.9 Å². The van der Waals surface area contributed by atoms with Crippen LogP contribution >= 0.6 is 11.8 Å². The Kier molecular flexibility index (Phi) is 12.1. The predicted octanol–water partition coefficient (Wildman–Crippen LogP) is 2.60. The number of benzene rings is 1. The van der Waals surface area contributed by atoms with Gasteiger partial charge in [0.2, 0.25) is 17.7 Å². The van der Waals surface area contributed by atoms with Crippen molar-refractivity contribution in [2.75, 3.05) is 12.0 Å². The molecule has 0 spiro atoms. The number of thioether (sulfide) groups is 1. The molecule has 0 bridgehead atoms. The van der Waals surface area contributed by atoms with E-state index in [4.69, 9.17) is 4.74 Å². The molecule has 2 rings (SSSR count). The van der Waals surface area contributed by atoms with Crippen LogP contribution in [0, 0.1) is 5.92 Å². The molecule has 3 amide bonds. The van der Waals surface area contributed by atoms with E-state index in [9.17, 15) is 19.2 Å². The Labute approximate surface area is 212 Å². The number of esters is 1. The van der Waals surface area contributed by atoms with Crippen molar-refractivity contribution in [1.29, 1.82) is 0 Å². The summed E-state index contributed by atoms with van der Waals surface area (Å²) in [4.78, 5) is 52.1. The molecule has 1 fully saturated rings. The van der Waals surface area contributed by atoms with E-state index < -0.39 is 42.0 Å². The van der Waals surface area contributed by atoms with Gasteiger partial charge in [0.15, 0.2) is 0 Å². The van der Waals surface area contributed by atoms with E-state index in [-0.39, 0.29) is 24.7 Å². The SMILES string of the molecule is CCCC[C@H](C)[C@@H]1CC(=O)N[C@@H](Cc2ccccc2)C(=O)N[C@@H](C)C(=O)N[C@@H](CCSC)C(=O)O1. The standard InChI is InChI=1S/C26H39N3O5S/c1-5-6-10-17(2)22-16-23(30)28-21(15-19-11-8-7-9-12-19)25(32)27-18(3)24(31)29-20(13-14-35-4)26(33)34-22/h7-9,11-12,17-18,20-22H,5-6,10,13-16H2,1-4H3,(H,27,32)(H,28,30)(H,29,31)/t17-,18-,20-,21-,22-/m0/s1. The lowest BCUT2D eigenvalue weighted by Gasteiger charge is -2.27. The van der Waals surface area contributed by atoms with Crippen LogP contribution in [0.15, 0.2) is 30.3 Å². The lowest BCUT2D eigenvalue weighted by atomic mass is 9.95. The summed E-state index contributed by atoms with van der Waals surface area (Å²) in [6, 6.07) is 6.77. The molecule has 3 N–H and O–H groups in total. The number of carbonyl (C=O) groups is 4. The Hall–Kier alpha value is -2.55. The molecule has 1 heterocycles. The molecule has 0 radical (unpaired) electrons. The molecule has 9 heteroatoms. The molecule has 0 aromatic heterocycles. The molecule has 1 aliphatic heterocycles. The molecule has 1 aliphatic rings. The second-order valence-corrected chi connectivity index (χ2v) is 10.2. The van der Waals surface area contributed by atoms with E-state index in [1.165, 1.54) is 0 Å². The maximum Gasteiger partial charge on any atom is 0.328 e. The van der Waals surface area contributed by atoms with Crippen LogP contribution in [0.5, 0.6) is 0 Å². The Bertz CT molecular complexity index is 851. The molecule has 1 saturated heterocycles. The number of carbonyl (C=O) groups excluding carboxylic acids is 4. The van der Waals surface area contributed by atoms with Gasteiger partial charge in [0, 0.05) is 6.42 Å². The molecule has 5 atom stereocenters. The highest BCUT2D eigenvalue weighted by Crippen LogP contribution is 2.20. The summed E-state index contributed by atoms with van der Waals surface area (Å²) >= 11 is 1.56. The summed E-state index contributed by atoms with van der Waals surface area (Å²) in [5, 5.41) is 8.24. The monoisotopic (exact) mass is 505 g/mol. The third kappa shape index (κ3) is 9.55. The maximum absolute atomic E-state index is 13.1. The van der Waals surface area contributed by atoms with E-state index >= 15 is 0 Å². The van der Waals surface area contributed by atoms with Crippen LogP contribution in [0.1, 0.15) is 58.4 Å². The number of rotatable bonds is 9. The van der Waals surface area contributed by atoms with Gasteiger partial charge in [0.25, 0.3) is 0 Å². The molecular formula is C26H39N3O5S.